The molecule has 1 N–H and O–H groups in total. The molecule has 0 saturated heterocycles. The number of pyridine rings is 1. The van der Waals surface area contributed by atoms with Crippen LogP contribution in [0.1, 0.15) is 16.2 Å². The first-order chi connectivity index (χ1) is 10.2. The summed E-state index contributed by atoms with van der Waals surface area (Å²) in [5.74, 6) is 0.814. The summed E-state index contributed by atoms with van der Waals surface area (Å²) in [7, 11) is 0. The maximum atomic E-state index is 12.1. The molecule has 0 saturated carbocycles. The molecule has 104 valence electrons. The molecule has 0 aliphatic rings. The second-order valence-electron chi connectivity index (χ2n) is 4.41. The summed E-state index contributed by atoms with van der Waals surface area (Å²) in [6.45, 7) is 1.73. The summed E-state index contributed by atoms with van der Waals surface area (Å²) < 4.78 is 4.93. The van der Waals surface area contributed by atoms with Gasteiger partial charge in [-0.25, -0.2) is 0 Å². The van der Waals surface area contributed by atoms with Crippen molar-refractivity contribution in [3.05, 3.63) is 60.2 Å². The Balaban J connectivity index is 1.76. The Bertz CT molecular complexity index is 751. The largest absolute Gasteiger partial charge is 0.339 e. The van der Waals surface area contributed by atoms with E-state index in [4.69, 9.17) is 4.52 Å². The van der Waals surface area contributed by atoms with E-state index in [9.17, 15) is 4.79 Å². The van der Waals surface area contributed by atoms with Crippen LogP contribution in [-0.4, -0.2) is 21.0 Å². The van der Waals surface area contributed by atoms with Crippen molar-refractivity contribution in [2.45, 2.75) is 6.92 Å². The lowest BCUT2D eigenvalue weighted by molar-refractivity contribution is 0.102. The summed E-state index contributed by atoms with van der Waals surface area (Å²) in [5, 5.41) is 6.60. The number of carbonyl (C=O) groups is 1. The summed E-state index contributed by atoms with van der Waals surface area (Å²) in [4.78, 5) is 20.2. The number of rotatable bonds is 3. The lowest BCUT2D eigenvalue weighted by atomic mass is 10.1. The van der Waals surface area contributed by atoms with Crippen LogP contribution in [0.3, 0.4) is 0 Å². The molecule has 3 rings (SSSR count). The van der Waals surface area contributed by atoms with E-state index < -0.39 is 0 Å². The molecular formula is C15H12N4O2. The average molecular weight is 280 g/mol. The quantitative estimate of drug-likeness (QED) is 0.797. The predicted octanol–water partition coefficient (Wildman–Crippen LogP) is 2.69. The molecule has 1 amide bonds. The highest BCUT2D eigenvalue weighted by molar-refractivity contribution is 6.04. The summed E-state index contributed by atoms with van der Waals surface area (Å²) in [6, 6.07) is 10.5. The van der Waals surface area contributed by atoms with E-state index in [1.54, 1.807) is 55.7 Å². The first-order valence-electron chi connectivity index (χ1n) is 6.34. The third-order valence-electron chi connectivity index (χ3n) is 2.85. The third-order valence-corrected chi connectivity index (χ3v) is 2.85. The average Bonchev–Trinajstić information content (AvgIpc) is 2.95. The van der Waals surface area contributed by atoms with Crippen molar-refractivity contribution in [1.82, 2.24) is 15.1 Å². The fraction of sp³-hybridized carbons (Fsp3) is 0.0667. The molecule has 0 unspecified atom stereocenters. The molecule has 6 heteroatoms. The van der Waals surface area contributed by atoms with Crippen LogP contribution in [0.4, 0.5) is 5.69 Å². The van der Waals surface area contributed by atoms with Gasteiger partial charge in [-0.1, -0.05) is 17.3 Å². The minimum atomic E-state index is -0.196. The first-order valence-corrected chi connectivity index (χ1v) is 6.34. The number of nitrogens with zero attached hydrogens (tertiary/aromatic N) is 3. The van der Waals surface area contributed by atoms with Crippen LogP contribution in [-0.2, 0) is 0 Å². The second kappa shape index (κ2) is 5.54. The van der Waals surface area contributed by atoms with Gasteiger partial charge < -0.3 is 9.84 Å². The lowest BCUT2D eigenvalue weighted by Crippen LogP contribution is -2.11. The minimum Gasteiger partial charge on any atom is -0.339 e. The van der Waals surface area contributed by atoms with Crippen molar-refractivity contribution in [2.75, 3.05) is 5.32 Å². The molecular weight excluding hydrogens is 268 g/mol. The highest BCUT2D eigenvalue weighted by Gasteiger charge is 2.09. The van der Waals surface area contributed by atoms with Gasteiger partial charge in [-0.15, -0.1) is 0 Å². The van der Waals surface area contributed by atoms with Crippen LogP contribution >= 0.6 is 0 Å². The van der Waals surface area contributed by atoms with E-state index in [-0.39, 0.29) is 5.91 Å². The smallest absolute Gasteiger partial charge is 0.255 e. The fourth-order valence-corrected chi connectivity index (χ4v) is 1.83. The van der Waals surface area contributed by atoms with Gasteiger partial charge >= 0.3 is 0 Å². The third kappa shape index (κ3) is 2.94. The van der Waals surface area contributed by atoms with Crippen LogP contribution in [0.25, 0.3) is 11.4 Å². The number of aryl methyl sites for hydroxylation is 1. The topological polar surface area (TPSA) is 80.9 Å². The van der Waals surface area contributed by atoms with Gasteiger partial charge in [0, 0.05) is 24.2 Å². The lowest BCUT2D eigenvalue weighted by Gasteiger charge is -2.04. The Morgan fingerprint density at radius 2 is 2.00 bits per heavy atom. The SMILES string of the molecule is Cc1nc(-c2ccc(C(=O)Nc3cccnc3)cc2)no1. The van der Waals surface area contributed by atoms with Gasteiger partial charge in [0.05, 0.1) is 11.9 Å². The number of hydrogen-bond donors (Lipinski definition) is 1. The fourth-order valence-electron chi connectivity index (χ4n) is 1.83. The second-order valence-corrected chi connectivity index (χ2v) is 4.41. The van der Waals surface area contributed by atoms with E-state index in [1.165, 1.54) is 0 Å². The molecule has 21 heavy (non-hydrogen) atoms. The zero-order valence-electron chi connectivity index (χ0n) is 11.3. The maximum Gasteiger partial charge on any atom is 0.255 e. The number of anilines is 1. The molecule has 3 aromatic rings. The van der Waals surface area contributed by atoms with Crippen LogP contribution < -0.4 is 5.32 Å². The normalized spacial score (nSPS) is 10.3. The number of nitrogens with one attached hydrogen (secondary N) is 1. The van der Waals surface area contributed by atoms with Crippen molar-refractivity contribution >= 4 is 11.6 Å². The van der Waals surface area contributed by atoms with E-state index in [2.05, 4.69) is 20.4 Å². The van der Waals surface area contributed by atoms with Crippen LogP contribution in [0, 0.1) is 6.92 Å². The number of amides is 1. The summed E-state index contributed by atoms with van der Waals surface area (Å²) in [5.41, 5.74) is 1.99. The van der Waals surface area contributed by atoms with E-state index in [0.717, 1.165) is 5.56 Å². The maximum absolute atomic E-state index is 12.1. The molecule has 1 aromatic carbocycles. The standard InChI is InChI=1S/C15H12N4O2/c1-10-17-14(19-21-10)11-4-6-12(7-5-11)15(20)18-13-3-2-8-16-9-13/h2-9H,1H3,(H,18,20). The molecule has 0 aliphatic heterocycles. The van der Waals surface area contributed by atoms with Crippen LogP contribution in [0.15, 0.2) is 53.3 Å². The molecule has 0 radical (unpaired) electrons. The number of benzene rings is 1. The molecule has 0 spiro atoms. The van der Waals surface area contributed by atoms with Crippen LogP contribution in [0.5, 0.6) is 0 Å². The minimum absolute atomic E-state index is 0.196. The van der Waals surface area contributed by atoms with Gasteiger partial charge in [0.1, 0.15) is 0 Å². The van der Waals surface area contributed by atoms with Gasteiger partial charge in [0.15, 0.2) is 0 Å². The van der Waals surface area contributed by atoms with Gasteiger partial charge in [0.25, 0.3) is 5.91 Å². The monoisotopic (exact) mass is 280 g/mol. The number of aromatic nitrogens is 3. The Morgan fingerprint density at radius 3 is 2.62 bits per heavy atom. The van der Waals surface area contributed by atoms with Crippen LogP contribution in [0.2, 0.25) is 0 Å². The molecule has 2 heterocycles. The Morgan fingerprint density at radius 1 is 1.19 bits per heavy atom. The highest BCUT2D eigenvalue weighted by atomic mass is 16.5. The van der Waals surface area contributed by atoms with Gasteiger partial charge in [-0.05, 0) is 24.3 Å². The molecule has 0 atom stereocenters. The Hall–Kier alpha value is -3.02. The highest BCUT2D eigenvalue weighted by Crippen LogP contribution is 2.17. The number of hydrogen-bond acceptors (Lipinski definition) is 5. The zero-order chi connectivity index (χ0) is 14.7. The summed E-state index contributed by atoms with van der Waals surface area (Å²) in [6.07, 6.45) is 3.24. The van der Waals surface area contributed by atoms with E-state index in [0.29, 0.717) is 23.0 Å². The molecule has 0 fully saturated rings. The van der Waals surface area contributed by atoms with Crippen molar-refractivity contribution in [1.29, 1.82) is 0 Å². The van der Waals surface area contributed by atoms with Crippen molar-refractivity contribution in [2.24, 2.45) is 0 Å². The number of carbonyl (C=O) groups excluding carboxylic acids is 1. The Kier molecular flexibility index (Phi) is 3.42. The molecule has 0 aliphatic carbocycles. The molecule has 6 nitrogen and oxygen atoms in total. The van der Waals surface area contributed by atoms with E-state index >= 15 is 0 Å². The first kappa shape index (κ1) is 13.0. The zero-order valence-corrected chi connectivity index (χ0v) is 11.3. The van der Waals surface area contributed by atoms with Crippen molar-refractivity contribution < 1.29 is 9.32 Å². The van der Waals surface area contributed by atoms with E-state index in [1.807, 2.05) is 0 Å². The summed E-state index contributed by atoms with van der Waals surface area (Å²) >= 11 is 0. The predicted molar refractivity (Wildman–Crippen MR) is 76.7 cm³/mol. The molecule has 0 bridgehead atoms. The van der Waals surface area contributed by atoms with Crippen molar-refractivity contribution in [3.8, 4) is 11.4 Å². The molecule has 2 aromatic heterocycles. The van der Waals surface area contributed by atoms with Gasteiger partial charge in [-0.2, -0.15) is 4.98 Å². The Labute approximate surface area is 120 Å². The van der Waals surface area contributed by atoms with Gasteiger partial charge in [0.2, 0.25) is 11.7 Å². The van der Waals surface area contributed by atoms with Gasteiger partial charge in [-0.3, -0.25) is 9.78 Å². The van der Waals surface area contributed by atoms with Crippen molar-refractivity contribution in [3.63, 3.8) is 0 Å².